The van der Waals surface area contributed by atoms with E-state index in [9.17, 15) is 4.79 Å². The van der Waals surface area contributed by atoms with Gasteiger partial charge in [-0.05, 0) is 19.1 Å². The lowest BCUT2D eigenvalue weighted by Gasteiger charge is -1.98. The lowest BCUT2D eigenvalue weighted by molar-refractivity contribution is 0.0513. The number of ether oxygens (including phenoxy) is 1. The van der Waals surface area contributed by atoms with Crippen molar-refractivity contribution in [2.45, 2.75) is 6.92 Å². The zero-order valence-corrected chi connectivity index (χ0v) is 10.8. The molecule has 1 N–H and O–H groups in total. The van der Waals surface area contributed by atoms with Gasteiger partial charge in [0.2, 0.25) is 5.82 Å². The maximum atomic E-state index is 11.4. The van der Waals surface area contributed by atoms with E-state index in [0.717, 1.165) is 15.7 Å². The van der Waals surface area contributed by atoms with Crippen LogP contribution in [0.5, 0.6) is 0 Å². The van der Waals surface area contributed by atoms with Crippen molar-refractivity contribution in [1.29, 1.82) is 0 Å². The minimum atomic E-state index is -0.436. The Balaban J connectivity index is 2.27. The van der Waals surface area contributed by atoms with Crippen molar-refractivity contribution in [1.82, 2.24) is 9.97 Å². The fraction of sp³-hybridized carbons (Fsp3) is 0.167. The van der Waals surface area contributed by atoms with Crippen LogP contribution >= 0.6 is 15.9 Å². The highest BCUT2D eigenvalue weighted by Crippen LogP contribution is 2.21. The van der Waals surface area contributed by atoms with Crippen molar-refractivity contribution in [3.8, 4) is 11.3 Å². The number of nitrogens with one attached hydrogen (secondary N) is 1. The van der Waals surface area contributed by atoms with Gasteiger partial charge in [-0.15, -0.1) is 0 Å². The summed E-state index contributed by atoms with van der Waals surface area (Å²) >= 11 is 3.39. The van der Waals surface area contributed by atoms with Gasteiger partial charge in [-0.3, -0.25) is 0 Å². The quantitative estimate of drug-likeness (QED) is 0.886. The highest BCUT2D eigenvalue weighted by atomic mass is 79.9. The zero-order valence-electron chi connectivity index (χ0n) is 9.24. The number of carbonyl (C=O) groups excluding carboxylic acids is 1. The van der Waals surface area contributed by atoms with Crippen molar-refractivity contribution in [3.05, 3.63) is 40.8 Å². The molecule has 1 heterocycles. The van der Waals surface area contributed by atoms with E-state index >= 15 is 0 Å². The van der Waals surface area contributed by atoms with E-state index in [1.165, 1.54) is 0 Å². The lowest BCUT2D eigenvalue weighted by atomic mass is 10.2. The van der Waals surface area contributed by atoms with Crippen LogP contribution in [0.2, 0.25) is 0 Å². The molecule has 1 aromatic heterocycles. The number of esters is 1. The van der Waals surface area contributed by atoms with Crippen LogP contribution in [0, 0.1) is 0 Å². The summed E-state index contributed by atoms with van der Waals surface area (Å²) in [7, 11) is 0. The summed E-state index contributed by atoms with van der Waals surface area (Å²) in [4.78, 5) is 18.4. The largest absolute Gasteiger partial charge is 0.460 e. The van der Waals surface area contributed by atoms with Gasteiger partial charge in [0.05, 0.1) is 18.5 Å². The Morgan fingerprint density at radius 2 is 2.35 bits per heavy atom. The second kappa shape index (κ2) is 5.14. The van der Waals surface area contributed by atoms with Gasteiger partial charge in [0, 0.05) is 10.0 Å². The third-order valence-electron chi connectivity index (χ3n) is 2.18. The molecular formula is C12H11BrN2O2. The summed E-state index contributed by atoms with van der Waals surface area (Å²) < 4.78 is 5.83. The maximum absolute atomic E-state index is 11.4. The number of rotatable bonds is 3. The molecule has 0 bridgehead atoms. The van der Waals surface area contributed by atoms with Crippen molar-refractivity contribution < 1.29 is 9.53 Å². The van der Waals surface area contributed by atoms with Crippen molar-refractivity contribution in [2.75, 3.05) is 6.61 Å². The number of aromatic nitrogens is 2. The van der Waals surface area contributed by atoms with Crippen LogP contribution in [0.1, 0.15) is 17.5 Å². The second-order valence-electron chi connectivity index (χ2n) is 3.38. The number of hydrogen-bond donors (Lipinski definition) is 1. The molecule has 17 heavy (non-hydrogen) atoms. The summed E-state index contributed by atoms with van der Waals surface area (Å²) in [5, 5.41) is 0. The summed E-state index contributed by atoms with van der Waals surface area (Å²) in [6.07, 6.45) is 1.62. The molecule has 0 spiro atoms. The summed E-state index contributed by atoms with van der Waals surface area (Å²) in [6, 6.07) is 7.74. The van der Waals surface area contributed by atoms with Crippen LogP contribution in [0.25, 0.3) is 11.3 Å². The van der Waals surface area contributed by atoms with E-state index in [2.05, 4.69) is 25.9 Å². The number of halogens is 1. The number of aromatic amines is 1. The molecule has 0 aliphatic heterocycles. The Kier molecular flexibility index (Phi) is 3.58. The minimum Gasteiger partial charge on any atom is -0.460 e. The van der Waals surface area contributed by atoms with E-state index in [0.29, 0.717) is 6.61 Å². The van der Waals surface area contributed by atoms with Gasteiger partial charge in [-0.25, -0.2) is 9.78 Å². The first-order chi connectivity index (χ1) is 8.20. The fourth-order valence-corrected chi connectivity index (χ4v) is 1.83. The topological polar surface area (TPSA) is 55.0 Å². The summed E-state index contributed by atoms with van der Waals surface area (Å²) in [5.41, 5.74) is 1.75. The highest BCUT2D eigenvalue weighted by Gasteiger charge is 2.11. The van der Waals surface area contributed by atoms with Gasteiger partial charge < -0.3 is 9.72 Å². The van der Waals surface area contributed by atoms with Crippen LogP contribution in [-0.4, -0.2) is 22.5 Å². The fourth-order valence-electron chi connectivity index (χ4n) is 1.43. The summed E-state index contributed by atoms with van der Waals surface area (Å²) in [5.74, 6) is -0.212. The van der Waals surface area contributed by atoms with E-state index in [4.69, 9.17) is 4.74 Å². The Morgan fingerprint density at radius 1 is 1.53 bits per heavy atom. The van der Waals surface area contributed by atoms with Gasteiger partial charge in [-0.2, -0.15) is 0 Å². The molecule has 0 fully saturated rings. The summed E-state index contributed by atoms with van der Waals surface area (Å²) in [6.45, 7) is 2.10. The Hall–Kier alpha value is -1.62. The number of hydrogen-bond acceptors (Lipinski definition) is 3. The molecule has 0 aliphatic carbocycles. The molecule has 88 valence electrons. The van der Waals surface area contributed by atoms with Crippen molar-refractivity contribution in [3.63, 3.8) is 0 Å². The molecule has 0 unspecified atom stereocenters. The van der Waals surface area contributed by atoms with Gasteiger partial charge in [0.1, 0.15) is 0 Å². The van der Waals surface area contributed by atoms with Crippen LogP contribution < -0.4 is 0 Å². The van der Waals surface area contributed by atoms with Crippen LogP contribution in [-0.2, 0) is 4.74 Å². The Bertz CT molecular complexity index is 537. The molecule has 2 rings (SSSR count). The average molecular weight is 295 g/mol. The molecule has 4 nitrogen and oxygen atoms in total. The number of nitrogens with zero attached hydrogens (tertiary/aromatic N) is 1. The molecule has 0 aliphatic rings. The molecule has 0 atom stereocenters. The third-order valence-corrected chi connectivity index (χ3v) is 2.67. The number of imidazole rings is 1. The third kappa shape index (κ3) is 2.74. The van der Waals surface area contributed by atoms with E-state index in [1.807, 2.05) is 24.3 Å². The average Bonchev–Trinajstić information content (AvgIpc) is 2.78. The molecule has 0 amide bonds. The molecule has 1 aromatic carbocycles. The molecule has 5 heteroatoms. The number of carbonyl (C=O) groups is 1. The Morgan fingerprint density at radius 3 is 3.06 bits per heavy atom. The first kappa shape index (κ1) is 11.9. The zero-order chi connectivity index (χ0) is 12.3. The van der Waals surface area contributed by atoms with Gasteiger partial charge in [0.25, 0.3) is 0 Å². The first-order valence-electron chi connectivity index (χ1n) is 5.18. The van der Waals surface area contributed by atoms with Crippen molar-refractivity contribution in [2.24, 2.45) is 0 Å². The SMILES string of the molecule is CCOC(=O)c1ncc(-c2cccc(Br)c2)[nH]1. The molecular weight excluding hydrogens is 284 g/mol. The Labute approximate surface area is 107 Å². The smallest absolute Gasteiger partial charge is 0.374 e. The van der Waals surface area contributed by atoms with Gasteiger partial charge in [0.15, 0.2) is 0 Å². The van der Waals surface area contributed by atoms with Gasteiger partial charge in [-0.1, -0.05) is 28.1 Å². The molecule has 0 saturated carbocycles. The predicted octanol–water partition coefficient (Wildman–Crippen LogP) is 3.02. The maximum Gasteiger partial charge on any atom is 0.374 e. The van der Waals surface area contributed by atoms with Crippen LogP contribution in [0.3, 0.4) is 0 Å². The normalized spacial score (nSPS) is 10.2. The standard InChI is InChI=1S/C12H11BrN2O2/c1-2-17-12(16)11-14-7-10(15-11)8-4-3-5-9(13)6-8/h3-7H,2H2,1H3,(H,14,15). The molecule has 0 radical (unpaired) electrons. The van der Waals surface area contributed by atoms with Crippen molar-refractivity contribution >= 4 is 21.9 Å². The second-order valence-corrected chi connectivity index (χ2v) is 4.29. The molecule has 2 aromatic rings. The lowest BCUT2D eigenvalue weighted by Crippen LogP contribution is -2.06. The van der Waals surface area contributed by atoms with E-state index in [-0.39, 0.29) is 5.82 Å². The first-order valence-corrected chi connectivity index (χ1v) is 5.98. The van der Waals surface area contributed by atoms with Crippen LogP contribution in [0.4, 0.5) is 0 Å². The van der Waals surface area contributed by atoms with E-state index in [1.54, 1.807) is 13.1 Å². The number of benzene rings is 1. The number of H-pyrrole nitrogens is 1. The predicted molar refractivity (Wildman–Crippen MR) is 67.7 cm³/mol. The molecule has 0 saturated heterocycles. The van der Waals surface area contributed by atoms with Crippen LogP contribution in [0.15, 0.2) is 34.9 Å². The van der Waals surface area contributed by atoms with E-state index < -0.39 is 5.97 Å². The minimum absolute atomic E-state index is 0.224. The monoisotopic (exact) mass is 294 g/mol. The highest BCUT2D eigenvalue weighted by molar-refractivity contribution is 9.10. The van der Waals surface area contributed by atoms with Gasteiger partial charge >= 0.3 is 5.97 Å².